The number of nitrogens with one attached hydrogen (secondary N) is 1. The van der Waals surface area contributed by atoms with Crippen molar-refractivity contribution >= 4 is 21.8 Å². The molecule has 0 saturated carbocycles. The maximum Gasteiger partial charge on any atom is 0.251 e. The fourth-order valence-electron chi connectivity index (χ4n) is 2.06. The molecular formula is C17H18BrNO. The van der Waals surface area contributed by atoms with E-state index in [1.54, 1.807) is 0 Å². The Morgan fingerprint density at radius 2 is 1.90 bits per heavy atom. The summed E-state index contributed by atoms with van der Waals surface area (Å²) in [7, 11) is 0. The van der Waals surface area contributed by atoms with Crippen molar-refractivity contribution in [2.75, 3.05) is 0 Å². The third-order valence-electron chi connectivity index (χ3n) is 3.20. The van der Waals surface area contributed by atoms with Crippen LogP contribution in [0.25, 0.3) is 0 Å². The van der Waals surface area contributed by atoms with Gasteiger partial charge in [-0.1, -0.05) is 52.3 Å². The van der Waals surface area contributed by atoms with E-state index >= 15 is 0 Å². The Morgan fingerprint density at radius 1 is 1.20 bits per heavy atom. The zero-order valence-electron chi connectivity index (χ0n) is 11.7. The molecule has 0 bridgehead atoms. The van der Waals surface area contributed by atoms with E-state index in [-0.39, 0.29) is 11.9 Å². The lowest BCUT2D eigenvalue weighted by Gasteiger charge is -2.14. The smallest absolute Gasteiger partial charge is 0.251 e. The Morgan fingerprint density at radius 3 is 2.55 bits per heavy atom. The quantitative estimate of drug-likeness (QED) is 0.897. The number of hydrogen-bond donors (Lipinski definition) is 1. The standard InChI is InChI=1S/C17H18BrNO/c1-12-8-9-15(11-16(12)18)17(20)19-13(2)10-14-6-4-3-5-7-14/h3-9,11,13H,10H2,1-2H3,(H,19,20). The van der Waals surface area contributed by atoms with Crippen LogP contribution < -0.4 is 5.32 Å². The molecule has 0 aliphatic carbocycles. The molecule has 0 aliphatic heterocycles. The number of amides is 1. The Hall–Kier alpha value is -1.61. The van der Waals surface area contributed by atoms with Gasteiger partial charge < -0.3 is 5.32 Å². The minimum Gasteiger partial charge on any atom is -0.349 e. The van der Waals surface area contributed by atoms with Crippen molar-refractivity contribution in [2.45, 2.75) is 26.3 Å². The molecule has 0 fully saturated rings. The second kappa shape index (κ2) is 6.71. The predicted octanol–water partition coefficient (Wildman–Crippen LogP) is 4.12. The molecule has 2 nitrogen and oxygen atoms in total. The molecule has 1 unspecified atom stereocenters. The molecule has 0 aromatic heterocycles. The van der Waals surface area contributed by atoms with Crippen molar-refractivity contribution in [1.29, 1.82) is 0 Å². The number of hydrogen-bond acceptors (Lipinski definition) is 1. The highest BCUT2D eigenvalue weighted by Crippen LogP contribution is 2.17. The average molecular weight is 332 g/mol. The minimum absolute atomic E-state index is 0.0332. The van der Waals surface area contributed by atoms with Crippen LogP contribution in [0.4, 0.5) is 0 Å². The maximum absolute atomic E-state index is 12.2. The van der Waals surface area contributed by atoms with Crippen LogP contribution in [0.3, 0.4) is 0 Å². The molecular weight excluding hydrogens is 314 g/mol. The molecule has 0 aliphatic rings. The zero-order chi connectivity index (χ0) is 14.5. The second-order valence-electron chi connectivity index (χ2n) is 5.03. The normalized spacial score (nSPS) is 11.9. The number of carbonyl (C=O) groups excluding carboxylic acids is 1. The average Bonchev–Trinajstić information content (AvgIpc) is 2.42. The summed E-state index contributed by atoms with van der Waals surface area (Å²) in [6.45, 7) is 4.03. The van der Waals surface area contributed by atoms with Gasteiger partial charge in [-0.05, 0) is 43.5 Å². The molecule has 0 spiro atoms. The molecule has 2 aromatic carbocycles. The molecule has 1 N–H and O–H groups in total. The lowest BCUT2D eigenvalue weighted by Crippen LogP contribution is -2.34. The highest BCUT2D eigenvalue weighted by molar-refractivity contribution is 9.10. The summed E-state index contributed by atoms with van der Waals surface area (Å²) >= 11 is 3.45. The summed E-state index contributed by atoms with van der Waals surface area (Å²) in [5, 5.41) is 3.03. The van der Waals surface area contributed by atoms with Crippen LogP contribution in [-0.4, -0.2) is 11.9 Å². The number of carbonyl (C=O) groups is 1. The summed E-state index contributed by atoms with van der Waals surface area (Å²) in [5.74, 6) is -0.0332. The molecule has 3 heteroatoms. The second-order valence-corrected chi connectivity index (χ2v) is 5.88. The van der Waals surface area contributed by atoms with E-state index in [0.717, 1.165) is 16.5 Å². The van der Waals surface area contributed by atoms with E-state index in [1.807, 2.05) is 50.2 Å². The highest BCUT2D eigenvalue weighted by atomic mass is 79.9. The molecule has 104 valence electrons. The summed E-state index contributed by atoms with van der Waals surface area (Å²) in [6, 6.07) is 15.9. The van der Waals surface area contributed by atoms with Crippen molar-refractivity contribution in [2.24, 2.45) is 0 Å². The molecule has 0 heterocycles. The minimum atomic E-state index is -0.0332. The SMILES string of the molecule is Cc1ccc(C(=O)NC(C)Cc2ccccc2)cc1Br. The van der Waals surface area contributed by atoms with Crippen molar-refractivity contribution in [3.8, 4) is 0 Å². The number of halogens is 1. The monoisotopic (exact) mass is 331 g/mol. The third kappa shape index (κ3) is 3.94. The molecule has 2 aromatic rings. The lowest BCUT2D eigenvalue weighted by atomic mass is 10.1. The van der Waals surface area contributed by atoms with Crippen LogP contribution in [0.15, 0.2) is 53.0 Å². The molecule has 1 atom stereocenters. The van der Waals surface area contributed by atoms with Gasteiger partial charge in [0.2, 0.25) is 0 Å². The number of aryl methyl sites for hydroxylation is 1. The van der Waals surface area contributed by atoms with Crippen LogP contribution in [0.2, 0.25) is 0 Å². The summed E-state index contributed by atoms with van der Waals surface area (Å²) < 4.78 is 0.959. The zero-order valence-corrected chi connectivity index (χ0v) is 13.3. The maximum atomic E-state index is 12.2. The molecule has 20 heavy (non-hydrogen) atoms. The van der Waals surface area contributed by atoms with Gasteiger partial charge in [0.1, 0.15) is 0 Å². The van der Waals surface area contributed by atoms with Gasteiger partial charge in [0.15, 0.2) is 0 Å². The summed E-state index contributed by atoms with van der Waals surface area (Å²) in [5.41, 5.74) is 3.03. The lowest BCUT2D eigenvalue weighted by molar-refractivity contribution is 0.0940. The Balaban J connectivity index is 1.98. The van der Waals surface area contributed by atoms with E-state index < -0.39 is 0 Å². The van der Waals surface area contributed by atoms with Crippen molar-refractivity contribution in [1.82, 2.24) is 5.32 Å². The molecule has 1 amide bonds. The Labute approximate surface area is 128 Å². The van der Waals surface area contributed by atoms with Gasteiger partial charge in [-0.15, -0.1) is 0 Å². The van der Waals surface area contributed by atoms with Crippen molar-refractivity contribution < 1.29 is 4.79 Å². The first-order valence-corrected chi connectivity index (χ1v) is 7.46. The van der Waals surface area contributed by atoms with Gasteiger partial charge in [0.25, 0.3) is 5.91 Å². The molecule has 2 rings (SSSR count). The largest absolute Gasteiger partial charge is 0.349 e. The van der Waals surface area contributed by atoms with Gasteiger partial charge in [-0.3, -0.25) is 4.79 Å². The summed E-state index contributed by atoms with van der Waals surface area (Å²) in [6.07, 6.45) is 0.833. The number of rotatable bonds is 4. The van der Waals surface area contributed by atoms with E-state index in [2.05, 4.69) is 33.4 Å². The first-order valence-electron chi connectivity index (χ1n) is 6.67. The van der Waals surface area contributed by atoms with Crippen LogP contribution in [-0.2, 0) is 6.42 Å². The van der Waals surface area contributed by atoms with Gasteiger partial charge in [0, 0.05) is 16.1 Å². The van der Waals surface area contributed by atoms with Crippen LogP contribution in [0.1, 0.15) is 28.4 Å². The highest BCUT2D eigenvalue weighted by Gasteiger charge is 2.11. The first kappa shape index (κ1) is 14.8. The molecule has 0 radical (unpaired) electrons. The van der Waals surface area contributed by atoms with E-state index in [1.165, 1.54) is 5.56 Å². The van der Waals surface area contributed by atoms with Crippen LogP contribution >= 0.6 is 15.9 Å². The molecule has 0 saturated heterocycles. The van der Waals surface area contributed by atoms with E-state index in [4.69, 9.17) is 0 Å². The van der Waals surface area contributed by atoms with Gasteiger partial charge in [0.05, 0.1) is 0 Å². The Bertz CT molecular complexity index is 595. The fourth-order valence-corrected chi connectivity index (χ4v) is 2.44. The van der Waals surface area contributed by atoms with Crippen LogP contribution in [0.5, 0.6) is 0 Å². The third-order valence-corrected chi connectivity index (χ3v) is 4.05. The van der Waals surface area contributed by atoms with E-state index in [9.17, 15) is 4.79 Å². The Kier molecular flexibility index (Phi) is 4.96. The van der Waals surface area contributed by atoms with Crippen molar-refractivity contribution in [3.05, 3.63) is 69.7 Å². The van der Waals surface area contributed by atoms with Crippen molar-refractivity contribution in [3.63, 3.8) is 0 Å². The summed E-state index contributed by atoms with van der Waals surface area (Å²) in [4.78, 5) is 12.2. The van der Waals surface area contributed by atoms with Gasteiger partial charge in [-0.2, -0.15) is 0 Å². The fraction of sp³-hybridized carbons (Fsp3) is 0.235. The topological polar surface area (TPSA) is 29.1 Å². The van der Waals surface area contributed by atoms with Gasteiger partial charge >= 0.3 is 0 Å². The van der Waals surface area contributed by atoms with Gasteiger partial charge in [-0.25, -0.2) is 0 Å². The first-order chi connectivity index (χ1) is 9.56. The number of benzene rings is 2. The van der Waals surface area contributed by atoms with Crippen LogP contribution in [0, 0.1) is 6.92 Å². The predicted molar refractivity (Wildman–Crippen MR) is 86.0 cm³/mol. The van der Waals surface area contributed by atoms with E-state index in [0.29, 0.717) is 5.56 Å².